The molecule has 1 amide bonds. The Morgan fingerprint density at radius 3 is 2.42 bits per heavy atom. The van der Waals surface area contributed by atoms with Crippen molar-refractivity contribution in [1.29, 1.82) is 0 Å². The first-order chi connectivity index (χ1) is 11.4. The number of fused-ring (bicyclic) bond motifs is 1. The van der Waals surface area contributed by atoms with Crippen molar-refractivity contribution in [2.45, 2.75) is 6.18 Å². The van der Waals surface area contributed by atoms with Crippen molar-refractivity contribution in [3.8, 4) is 0 Å². The molecule has 0 aliphatic rings. The number of anilines is 1. The van der Waals surface area contributed by atoms with Crippen LogP contribution in [0.2, 0.25) is 0 Å². The Hall–Kier alpha value is -3.09. The minimum atomic E-state index is -4.60. The van der Waals surface area contributed by atoms with Gasteiger partial charge in [-0.15, -0.1) is 0 Å². The van der Waals surface area contributed by atoms with Crippen molar-refractivity contribution in [2.24, 2.45) is 0 Å². The number of carbonyl (C=O) groups is 1. The Morgan fingerprint density at radius 2 is 1.67 bits per heavy atom. The number of pyridine rings is 1. The van der Waals surface area contributed by atoms with E-state index in [9.17, 15) is 22.8 Å². The van der Waals surface area contributed by atoms with Gasteiger partial charge in [0.2, 0.25) is 5.56 Å². The third-order valence-electron chi connectivity index (χ3n) is 3.48. The predicted octanol–water partition coefficient (Wildman–Crippen LogP) is 3.80. The van der Waals surface area contributed by atoms with E-state index in [0.29, 0.717) is 10.9 Å². The lowest BCUT2D eigenvalue weighted by molar-refractivity contribution is -0.136. The lowest BCUT2D eigenvalue weighted by atomic mass is 10.1. The Morgan fingerprint density at radius 1 is 1.00 bits per heavy atom. The van der Waals surface area contributed by atoms with Crippen LogP contribution < -0.4 is 10.9 Å². The minimum absolute atomic E-state index is 0.00586. The third kappa shape index (κ3) is 3.01. The fourth-order valence-corrected chi connectivity index (χ4v) is 2.42. The van der Waals surface area contributed by atoms with Crippen molar-refractivity contribution >= 4 is 22.5 Å². The molecule has 7 heteroatoms. The third-order valence-corrected chi connectivity index (χ3v) is 3.48. The van der Waals surface area contributed by atoms with Gasteiger partial charge in [-0.3, -0.25) is 9.59 Å². The molecule has 0 spiro atoms. The van der Waals surface area contributed by atoms with Gasteiger partial charge in [0.15, 0.2) is 0 Å². The zero-order chi connectivity index (χ0) is 17.3. The smallest absolute Gasteiger partial charge is 0.322 e. The highest BCUT2D eigenvalue weighted by atomic mass is 19.4. The number of carbonyl (C=O) groups excluding carboxylic acids is 1. The fraction of sp³-hybridized carbons (Fsp3) is 0.0588. The van der Waals surface area contributed by atoms with Crippen LogP contribution >= 0.6 is 0 Å². The molecule has 3 rings (SSSR count). The number of aromatic nitrogens is 1. The van der Waals surface area contributed by atoms with Crippen LogP contribution in [0.4, 0.5) is 18.9 Å². The van der Waals surface area contributed by atoms with Gasteiger partial charge in [0, 0.05) is 17.0 Å². The summed E-state index contributed by atoms with van der Waals surface area (Å²) in [6, 6.07) is 12.3. The van der Waals surface area contributed by atoms with Crippen LogP contribution in [0, 0.1) is 0 Å². The second-order valence-corrected chi connectivity index (χ2v) is 5.09. The number of hydrogen-bond acceptors (Lipinski definition) is 2. The van der Waals surface area contributed by atoms with E-state index in [0.717, 1.165) is 18.2 Å². The van der Waals surface area contributed by atoms with E-state index in [1.807, 2.05) is 0 Å². The van der Waals surface area contributed by atoms with E-state index < -0.39 is 23.2 Å². The van der Waals surface area contributed by atoms with E-state index in [2.05, 4.69) is 10.3 Å². The van der Waals surface area contributed by atoms with E-state index in [1.54, 1.807) is 24.3 Å². The van der Waals surface area contributed by atoms with Crippen LogP contribution in [0.15, 0.2) is 59.4 Å². The number of aromatic amines is 1. The number of rotatable bonds is 2. The topological polar surface area (TPSA) is 62.0 Å². The van der Waals surface area contributed by atoms with Gasteiger partial charge >= 0.3 is 6.18 Å². The van der Waals surface area contributed by atoms with Crippen molar-refractivity contribution in [2.75, 3.05) is 5.32 Å². The van der Waals surface area contributed by atoms with Gasteiger partial charge in [-0.2, -0.15) is 13.2 Å². The molecule has 24 heavy (non-hydrogen) atoms. The molecular weight excluding hydrogens is 321 g/mol. The molecule has 4 nitrogen and oxygen atoms in total. The number of nitrogens with one attached hydrogen (secondary N) is 2. The first-order valence-electron chi connectivity index (χ1n) is 6.96. The molecular formula is C17H11F3N2O2. The van der Waals surface area contributed by atoms with Crippen LogP contribution in [0.25, 0.3) is 10.9 Å². The molecule has 0 aliphatic heterocycles. The standard InChI is InChI=1S/C17H11F3N2O2/c18-17(19,20)12-6-2-4-8-14(12)22-16(24)11-9-15(23)21-13-7-3-1-5-10(11)13/h1-9H,(H,21,23)(H,22,24). The highest BCUT2D eigenvalue weighted by Gasteiger charge is 2.33. The largest absolute Gasteiger partial charge is 0.418 e. The van der Waals surface area contributed by atoms with E-state index in [1.165, 1.54) is 12.1 Å². The first kappa shape index (κ1) is 15.8. The van der Waals surface area contributed by atoms with Gasteiger partial charge in [0.05, 0.1) is 16.8 Å². The molecule has 0 saturated carbocycles. The molecule has 0 bridgehead atoms. The highest BCUT2D eigenvalue weighted by molar-refractivity contribution is 6.12. The molecule has 2 N–H and O–H groups in total. The van der Waals surface area contributed by atoms with Crippen molar-refractivity contribution in [3.05, 3.63) is 76.1 Å². The highest BCUT2D eigenvalue weighted by Crippen LogP contribution is 2.34. The molecule has 1 heterocycles. The molecule has 122 valence electrons. The van der Waals surface area contributed by atoms with E-state index >= 15 is 0 Å². The SMILES string of the molecule is O=C(Nc1ccccc1C(F)(F)F)c1cc(=O)[nH]c2ccccc12. The molecule has 2 aromatic carbocycles. The molecule has 1 aromatic heterocycles. The summed E-state index contributed by atoms with van der Waals surface area (Å²) in [5, 5.41) is 2.68. The van der Waals surface area contributed by atoms with Crippen molar-refractivity contribution in [1.82, 2.24) is 4.98 Å². The second kappa shape index (κ2) is 5.84. The van der Waals surface area contributed by atoms with Gasteiger partial charge in [-0.05, 0) is 18.2 Å². The first-order valence-corrected chi connectivity index (χ1v) is 6.96. The maximum absolute atomic E-state index is 13.0. The van der Waals surface area contributed by atoms with Crippen molar-refractivity contribution < 1.29 is 18.0 Å². The average Bonchev–Trinajstić information content (AvgIpc) is 2.53. The summed E-state index contributed by atoms with van der Waals surface area (Å²) in [6.45, 7) is 0. The zero-order valence-corrected chi connectivity index (χ0v) is 12.1. The maximum atomic E-state index is 13.0. The quantitative estimate of drug-likeness (QED) is 0.750. The number of halogens is 3. The minimum Gasteiger partial charge on any atom is -0.322 e. The number of amides is 1. The Bertz CT molecular complexity index is 977. The molecule has 0 radical (unpaired) electrons. The van der Waals surface area contributed by atoms with Crippen LogP contribution in [0.5, 0.6) is 0 Å². The molecule has 0 saturated heterocycles. The molecule has 0 unspecified atom stereocenters. The summed E-state index contributed by atoms with van der Waals surface area (Å²) in [7, 11) is 0. The van der Waals surface area contributed by atoms with Crippen LogP contribution in [0.1, 0.15) is 15.9 Å². The monoisotopic (exact) mass is 332 g/mol. The second-order valence-electron chi connectivity index (χ2n) is 5.09. The summed E-state index contributed by atoms with van der Waals surface area (Å²) >= 11 is 0. The summed E-state index contributed by atoms with van der Waals surface area (Å²) in [4.78, 5) is 26.7. The Kier molecular flexibility index (Phi) is 3.84. The Balaban J connectivity index is 2.05. The molecule has 0 fully saturated rings. The van der Waals surface area contributed by atoms with Gasteiger partial charge in [-0.1, -0.05) is 30.3 Å². The summed E-state index contributed by atoms with van der Waals surface area (Å²) in [5.41, 5.74) is -1.39. The van der Waals surface area contributed by atoms with Crippen molar-refractivity contribution in [3.63, 3.8) is 0 Å². The van der Waals surface area contributed by atoms with Gasteiger partial charge < -0.3 is 10.3 Å². The summed E-state index contributed by atoms with van der Waals surface area (Å²) in [6.07, 6.45) is -4.60. The van der Waals surface area contributed by atoms with E-state index in [-0.39, 0.29) is 11.3 Å². The predicted molar refractivity (Wildman–Crippen MR) is 84.0 cm³/mol. The summed E-state index contributed by atoms with van der Waals surface area (Å²) < 4.78 is 39.0. The fourth-order valence-electron chi connectivity index (χ4n) is 2.42. The van der Waals surface area contributed by atoms with Crippen LogP contribution in [-0.2, 0) is 6.18 Å². The van der Waals surface area contributed by atoms with Crippen LogP contribution in [-0.4, -0.2) is 10.9 Å². The zero-order valence-electron chi connectivity index (χ0n) is 12.1. The number of para-hydroxylation sites is 2. The average molecular weight is 332 g/mol. The lowest BCUT2D eigenvalue weighted by Gasteiger charge is -2.14. The molecule has 0 atom stereocenters. The van der Waals surface area contributed by atoms with Gasteiger partial charge in [-0.25, -0.2) is 0 Å². The summed E-state index contributed by atoms with van der Waals surface area (Å²) in [5.74, 6) is -0.783. The number of H-pyrrole nitrogens is 1. The lowest BCUT2D eigenvalue weighted by Crippen LogP contribution is -2.19. The van der Waals surface area contributed by atoms with Crippen LogP contribution in [0.3, 0.4) is 0 Å². The van der Waals surface area contributed by atoms with Gasteiger partial charge in [0.1, 0.15) is 0 Å². The van der Waals surface area contributed by atoms with Gasteiger partial charge in [0.25, 0.3) is 5.91 Å². The molecule has 0 aliphatic carbocycles. The van der Waals surface area contributed by atoms with E-state index in [4.69, 9.17) is 0 Å². The number of alkyl halides is 3. The Labute approximate surface area is 133 Å². The maximum Gasteiger partial charge on any atom is 0.418 e. The molecule has 3 aromatic rings. The number of hydrogen-bond donors (Lipinski definition) is 2. The normalized spacial score (nSPS) is 11.5. The number of benzene rings is 2.